The van der Waals surface area contributed by atoms with Gasteiger partial charge in [0.1, 0.15) is 11.5 Å². The molecule has 1 atom stereocenters. The predicted molar refractivity (Wildman–Crippen MR) is 187 cm³/mol. The van der Waals surface area contributed by atoms with E-state index in [4.69, 9.17) is 0 Å². The van der Waals surface area contributed by atoms with Crippen LogP contribution in [-0.2, 0) is 17.6 Å². The number of allylic oxidation sites excluding steroid dienone is 5. The van der Waals surface area contributed by atoms with Crippen molar-refractivity contribution in [1.82, 2.24) is 10.2 Å². The molecule has 6 rings (SSSR count). The van der Waals surface area contributed by atoms with Gasteiger partial charge in [0.15, 0.2) is 0 Å². The highest BCUT2D eigenvalue weighted by Gasteiger charge is 2.28. The van der Waals surface area contributed by atoms with Crippen LogP contribution in [0.15, 0.2) is 102 Å². The minimum Gasteiger partial charge on any atom is -0.508 e. The summed E-state index contributed by atoms with van der Waals surface area (Å²) in [6.45, 7) is 7.01. The number of carbonyl (C=O) groups is 1. The van der Waals surface area contributed by atoms with Crippen molar-refractivity contribution in [3.8, 4) is 5.75 Å². The number of phenols is 1. The third-order valence-corrected chi connectivity index (χ3v) is 10.6. The fourth-order valence-corrected chi connectivity index (χ4v) is 8.08. The van der Waals surface area contributed by atoms with Crippen molar-refractivity contribution in [2.45, 2.75) is 83.1 Å². The van der Waals surface area contributed by atoms with E-state index >= 15 is 0 Å². The van der Waals surface area contributed by atoms with Crippen molar-refractivity contribution in [2.24, 2.45) is 11.8 Å². The monoisotopic (exact) mass is 618 g/mol. The van der Waals surface area contributed by atoms with Gasteiger partial charge in [0.25, 0.3) is 5.91 Å². The van der Waals surface area contributed by atoms with Crippen molar-refractivity contribution in [3.05, 3.63) is 119 Å². The number of nitrogens with one attached hydrogen (secondary N) is 1. The third kappa shape index (κ3) is 8.30. The van der Waals surface area contributed by atoms with Gasteiger partial charge in [-0.3, -0.25) is 4.79 Å². The molecule has 2 fully saturated rings. The van der Waals surface area contributed by atoms with E-state index in [-0.39, 0.29) is 11.7 Å². The molecule has 1 amide bonds. The van der Waals surface area contributed by atoms with Gasteiger partial charge in [0, 0.05) is 18.2 Å². The fraction of sp³-hybridized carbons (Fsp3) is 0.439. The van der Waals surface area contributed by atoms with Crippen molar-refractivity contribution < 1.29 is 15.0 Å². The Balaban J connectivity index is 0.964. The van der Waals surface area contributed by atoms with Crippen LogP contribution in [0, 0.1) is 11.8 Å². The molecule has 46 heavy (non-hydrogen) atoms. The number of aliphatic hydroxyl groups is 1. The molecule has 1 aliphatic heterocycles. The van der Waals surface area contributed by atoms with Crippen molar-refractivity contribution in [1.29, 1.82) is 0 Å². The Morgan fingerprint density at radius 1 is 0.848 bits per heavy atom. The Kier molecular flexibility index (Phi) is 10.6. The van der Waals surface area contributed by atoms with Crippen LogP contribution >= 0.6 is 0 Å². The number of amides is 1. The number of hydrogen-bond donors (Lipinski definition) is 3. The Morgan fingerprint density at radius 3 is 2.46 bits per heavy atom. The SMILES string of the molecule is C=C1C=C(C(=O)NCCC2=CCCc3ccccc32)C=C(O)C(CC2CCCN(C3CCC(Cc4ccc(O)cc4)CC3)CC2)=C1. The first-order valence-corrected chi connectivity index (χ1v) is 17.5. The Hall–Kier alpha value is -3.83. The molecule has 0 bridgehead atoms. The molecule has 1 unspecified atom stereocenters. The standard InChI is InChI=1S/C41H50N2O3/c1-29-24-35(40(45)28-36(25-29)41(46)42-21-19-34-9-4-8-33-7-2-3-10-39(33)34)27-30-6-5-22-43(23-20-30)37-15-11-31(12-16-37)26-32-13-17-38(44)18-14-32/h2-3,7,9-10,13-14,17-18,24-25,28,30-31,37,44-45H,1,4-6,8,11-12,15-16,19-23,26-27H2,(H,42,46). The predicted octanol–water partition coefficient (Wildman–Crippen LogP) is 8.39. The lowest BCUT2D eigenvalue weighted by atomic mass is 9.82. The highest BCUT2D eigenvalue weighted by molar-refractivity contribution is 5.97. The molecule has 4 aliphatic rings. The molecule has 2 aromatic rings. The second-order valence-electron chi connectivity index (χ2n) is 13.9. The zero-order valence-electron chi connectivity index (χ0n) is 27.2. The zero-order chi connectivity index (χ0) is 31.9. The smallest absolute Gasteiger partial charge is 0.251 e. The van der Waals surface area contributed by atoms with Gasteiger partial charge in [0.2, 0.25) is 0 Å². The number of fused-ring (bicyclic) bond motifs is 1. The Morgan fingerprint density at radius 2 is 1.63 bits per heavy atom. The van der Waals surface area contributed by atoms with Crippen molar-refractivity contribution in [3.63, 3.8) is 0 Å². The number of carbonyl (C=O) groups excluding carboxylic acids is 1. The highest BCUT2D eigenvalue weighted by Crippen LogP contribution is 2.34. The van der Waals surface area contributed by atoms with Crippen LogP contribution in [0.25, 0.3) is 5.57 Å². The van der Waals surface area contributed by atoms with Gasteiger partial charge in [-0.2, -0.15) is 0 Å². The lowest BCUT2D eigenvalue weighted by Gasteiger charge is -2.36. The summed E-state index contributed by atoms with van der Waals surface area (Å²) < 4.78 is 0. The summed E-state index contributed by atoms with van der Waals surface area (Å²) in [4.78, 5) is 15.9. The fourth-order valence-electron chi connectivity index (χ4n) is 8.08. The van der Waals surface area contributed by atoms with Crippen LogP contribution in [0.5, 0.6) is 5.75 Å². The molecule has 2 aromatic carbocycles. The average molecular weight is 619 g/mol. The van der Waals surface area contributed by atoms with E-state index in [0.29, 0.717) is 29.8 Å². The molecule has 0 aromatic heterocycles. The van der Waals surface area contributed by atoms with E-state index in [2.05, 4.69) is 59.3 Å². The number of aryl methyl sites for hydroxylation is 1. The summed E-state index contributed by atoms with van der Waals surface area (Å²) in [5.74, 6) is 1.60. The van der Waals surface area contributed by atoms with Gasteiger partial charge in [-0.05, 0) is 166 Å². The van der Waals surface area contributed by atoms with Crippen LogP contribution in [-0.4, -0.2) is 46.7 Å². The topological polar surface area (TPSA) is 72.8 Å². The van der Waals surface area contributed by atoms with E-state index in [9.17, 15) is 15.0 Å². The summed E-state index contributed by atoms with van der Waals surface area (Å²) >= 11 is 0. The maximum absolute atomic E-state index is 13.1. The van der Waals surface area contributed by atoms with E-state index in [0.717, 1.165) is 75.1 Å². The largest absolute Gasteiger partial charge is 0.508 e. The number of aromatic hydroxyl groups is 1. The summed E-state index contributed by atoms with van der Waals surface area (Å²) in [6, 6.07) is 16.9. The lowest BCUT2D eigenvalue weighted by molar-refractivity contribution is -0.117. The normalized spacial score (nSPS) is 24.0. The molecule has 1 saturated carbocycles. The van der Waals surface area contributed by atoms with Crippen molar-refractivity contribution in [2.75, 3.05) is 19.6 Å². The highest BCUT2D eigenvalue weighted by atomic mass is 16.3. The number of likely N-dealkylation sites (tertiary alicyclic amines) is 1. The van der Waals surface area contributed by atoms with E-state index < -0.39 is 0 Å². The van der Waals surface area contributed by atoms with Gasteiger partial charge < -0.3 is 20.4 Å². The van der Waals surface area contributed by atoms with Crippen LogP contribution < -0.4 is 5.32 Å². The first kappa shape index (κ1) is 32.1. The summed E-state index contributed by atoms with van der Waals surface area (Å²) in [5, 5.41) is 23.8. The Labute approximate surface area is 275 Å². The van der Waals surface area contributed by atoms with Gasteiger partial charge in [-0.25, -0.2) is 0 Å². The van der Waals surface area contributed by atoms with Crippen LogP contribution in [0.2, 0.25) is 0 Å². The molecule has 242 valence electrons. The molecule has 0 spiro atoms. The minimum absolute atomic E-state index is 0.171. The van der Waals surface area contributed by atoms with Crippen LogP contribution in [0.4, 0.5) is 0 Å². The van der Waals surface area contributed by atoms with Gasteiger partial charge in [-0.15, -0.1) is 0 Å². The average Bonchev–Trinajstić information content (AvgIpc) is 3.38. The number of hydrogen-bond acceptors (Lipinski definition) is 4. The van der Waals surface area contributed by atoms with Crippen LogP contribution in [0.3, 0.4) is 0 Å². The number of nitrogens with zero attached hydrogens (tertiary/aromatic N) is 1. The van der Waals surface area contributed by atoms with E-state index in [1.165, 1.54) is 54.4 Å². The Bertz CT molecular complexity index is 1520. The quantitative estimate of drug-likeness (QED) is 0.264. The number of phenolic OH excluding ortho intramolecular Hbond substituents is 1. The maximum Gasteiger partial charge on any atom is 0.251 e. The minimum atomic E-state index is -0.171. The summed E-state index contributed by atoms with van der Waals surface area (Å²) in [7, 11) is 0. The molecule has 1 saturated heterocycles. The molecular formula is C41H50N2O3. The number of aliphatic hydroxyl groups excluding tert-OH is 1. The van der Waals surface area contributed by atoms with Gasteiger partial charge in [-0.1, -0.05) is 49.1 Å². The number of benzene rings is 2. The second-order valence-corrected chi connectivity index (χ2v) is 13.9. The van der Waals surface area contributed by atoms with Gasteiger partial charge in [0.05, 0.1) is 0 Å². The third-order valence-electron chi connectivity index (χ3n) is 10.6. The van der Waals surface area contributed by atoms with Gasteiger partial charge >= 0.3 is 0 Å². The molecule has 3 aliphatic carbocycles. The first-order valence-electron chi connectivity index (χ1n) is 17.5. The molecule has 5 heteroatoms. The molecule has 0 radical (unpaired) electrons. The first-order chi connectivity index (χ1) is 22.4. The molecular weight excluding hydrogens is 568 g/mol. The molecule has 5 nitrogen and oxygen atoms in total. The molecule has 1 heterocycles. The number of rotatable bonds is 9. The molecule has 3 N–H and O–H groups in total. The second kappa shape index (κ2) is 15.2. The summed E-state index contributed by atoms with van der Waals surface area (Å²) in [6.07, 6.45) is 21.1. The van der Waals surface area contributed by atoms with Crippen molar-refractivity contribution >= 4 is 11.5 Å². The lowest BCUT2D eigenvalue weighted by Crippen LogP contribution is -2.39. The van der Waals surface area contributed by atoms with E-state index in [1.54, 1.807) is 24.3 Å². The van der Waals surface area contributed by atoms with E-state index in [1.807, 2.05) is 6.08 Å². The maximum atomic E-state index is 13.1. The van der Waals surface area contributed by atoms with Crippen LogP contribution in [0.1, 0.15) is 80.9 Å². The summed E-state index contributed by atoms with van der Waals surface area (Å²) in [5.41, 5.74) is 7.40. The zero-order valence-corrected chi connectivity index (χ0v) is 27.2.